The molecule has 1 heterocycles. The maximum atomic E-state index is 6.01. The van der Waals surface area contributed by atoms with Gasteiger partial charge < -0.3 is 10.5 Å². The molecule has 0 atom stereocenters. The molecule has 18 heavy (non-hydrogen) atoms. The lowest BCUT2D eigenvalue weighted by Gasteiger charge is -2.16. The van der Waals surface area contributed by atoms with Crippen LogP contribution in [0.5, 0.6) is 5.88 Å². The number of hydrogen-bond donors (Lipinski definition) is 1. The van der Waals surface area contributed by atoms with E-state index in [0.717, 1.165) is 31.2 Å². The van der Waals surface area contributed by atoms with Gasteiger partial charge in [-0.3, -0.25) is 0 Å². The number of nitrogens with two attached hydrogens (primary N) is 1. The second kappa shape index (κ2) is 4.84. The maximum Gasteiger partial charge on any atom is 0.224 e. The fourth-order valence-electron chi connectivity index (χ4n) is 2.88. The van der Waals surface area contributed by atoms with Gasteiger partial charge in [0.05, 0.1) is 5.56 Å². The minimum Gasteiger partial charge on any atom is -0.474 e. The van der Waals surface area contributed by atoms with Crippen molar-refractivity contribution in [2.24, 2.45) is 5.73 Å². The largest absolute Gasteiger partial charge is 0.474 e. The zero-order valence-electron chi connectivity index (χ0n) is 10.4. The summed E-state index contributed by atoms with van der Waals surface area (Å²) in [6, 6.07) is 2.09. The molecule has 0 aromatic carbocycles. The van der Waals surface area contributed by atoms with E-state index >= 15 is 0 Å². The number of nitrogens with zero attached hydrogens (tertiary/aromatic N) is 1. The summed E-state index contributed by atoms with van der Waals surface area (Å²) in [4.78, 5) is 5.04. The fourth-order valence-corrected chi connectivity index (χ4v) is 3.03. The highest BCUT2D eigenvalue weighted by Crippen LogP contribution is 2.29. The van der Waals surface area contributed by atoms with Gasteiger partial charge in [-0.05, 0) is 56.6 Å². The van der Waals surface area contributed by atoms with Crippen molar-refractivity contribution in [3.63, 3.8) is 0 Å². The first kappa shape index (κ1) is 11.9. The number of hydrogen-bond acceptors (Lipinski definition) is 3. The van der Waals surface area contributed by atoms with Crippen molar-refractivity contribution in [3.8, 4) is 5.88 Å². The van der Waals surface area contributed by atoms with Crippen LogP contribution < -0.4 is 10.5 Å². The Morgan fingerprint density at radius 3 is 2.78 bits per heavy atom. The Morgan fingerprint density at radius 1 is 1.28 bits per heavy atom. The van der Waals surface area contributed by atoms with Gasteiger partial charge in [-0.2, -0.15) is 0 Å². The van der Waals surface area contributed by atoms with Gasteiger partial charge in [-0.25, -0.2) is 4.98 Å². The van der Waals surface area contributed by atoms with Crippen LogP contribution in [0.15, 0.2) is 6.07 Å². The molecule has 1 fully saturated rings. The summed E-state index contributed by atoms with van der Waals surface area (Å²) in [6.45, 7) is 0. The minimum atomic E-state index is 0.296. The summed E-state index contributed by atoms with van der Waals surface area (Å²) in [7, 11) is 0. The minimum absolute atomic E-state index is 0.296. The number of rotatable bonds is 3. The lowest BCUT2D eigenvalue weighted by Crippen LogP contribution is -2.18. The van der Waals surface area contributed by atoms with Gasteiger partial charge in [0.1, 0.15) is 11.1 Å². The summed E-state index contributed by atoms with van der Waals surface area (Å²) < 4.78 is 6.01. The molecule has 0 radical (unpaired) electrons. The van der Waals surface area contributed by atoms with E-state index < -0.39 is 0 Å². The van der Waals surface area contributed by atoms with Crippen molar-refractivity contribution in [2.75, 3.05) is 0 Å². The molecule has 3 rings (SSSR count). The summed E-state index contributed by atoms with van der Waals surface area (Å²) in [5.41, 5.74) is 9.07. The molecule has 0 unspecified atom stereocenters. The van der Waals surface area contributed by atoms with Crippen molar-refractivity contribution < 1.29 is 4.74 Å². The zero-order valence-corrected chi connectivity index (χ0v) is 11.3. The van der Waals surface area contributed by atoms with Crippen LogP contribution in [0.3, 0.4) is 0 Å². The molecule has 0 saturated heterocycles. The highest BCUT2D eigenvalue weighted by Gasteiger charge is 2.22. The molecule has 2 N–H and O–H groups in total. The molecule has 0 aliphatic heterocycles. The lowest BCUT2D eigenvalue weighted by molar-refractivity contribution is 0.200. The van der Waals surface area contributed by atoms with Crippen LogP contribution in [0.4, 0.5) is 0 Å². The fraction of sp³-hybridized carbons (Fsp3) is 0.571. The van der Waals surface area contributed by atoms with Gasteiger partial charge in [0, 0.05) is 5.69 Å². The van der Waals surface area contributed by atoms with Gasteiger partial charge in [0.2, 0.25) is 5.88 Å². The van der Waals surface area contributed by atoms with Crippen molar-refractivity contribution in [1.29, 1.82) is 0 Å². The molecule has 0 spiro atoms. The molecule has 2 aliphatic rings. The van der Waals surface area contributed by atoms with Crippen molar-refractivity contribution >= 4 is 17.2 Å². The molecule has 4 heteroatoms. The first-order valence-corrected chi connectivity index (χ1v) is 7.14. The molecule has 1 saturated carbocycles. The molecule has 3 nitrogen and oxygen atoms in total. The van der Waals surface area contributed by atoms with Gasteiger partial charge >= 0.3 is 0 Å². The van der Waals surface area contributed by atoms with E-state index in [2.05, 4.69) is 11.1 Å². The number of aryl methyl sites for hydroxylation is 2. The van der Waals surface area contributed by atoms with Crippen LogP contribution >= 0.6 is 12.2 Å². The summed E-state index contributed by atoms with van der Waals surface area (Å²) in [6.07, 6.45) is 8.34. The topological polar surface area (TPSA) is 48.1 Å². The number of ether oxygens (including phenoxy) is 1. The SMILES string of the molecule is NC(=S)c1cc2c(nc1OC1CCCC1)CCC2. The van der Waals surface area contributed by atoms with E-state index in [1.54, 1.807) is 0 Å². The van der Waals surface area contributed by atoms with Gasteiger partial charge in [0.15, 0.2) is 0 Å². The van der Waals surface area contributed by atoms with Crippen molar-refractivity contribution in [1.82, 2.24) is 4.98 Å². The summed E-state index contributed by atoms with van der Waals surface area (Å²) in [5, 5.41) is 0. The van der Waals surface area contributed by atoms with Gasteiger partial charge in [0.25, 0.3) is 0 Å². The number of fused-ring (bicyclic) bond motifs is 1. The highest BCUT2D eigenvalue weighted by molar-refractivity contribution is 7.80. The van der Waals surface area contributed by atoms with E-state index in [1.807, 2.05) is 0 Å². The van der Waals surface area contributed by atoms with Crippen LogP contribution in [0.25, 0.3) is 0 Å². The van der Waals surface area contributed by atoms with E-state index in [9.17, 15) is 0 Å². The molecule has 0 amide bonds. The van der Waals surface area contributed by atoms with Gasteiger partial charge in [-0.15, -0.1) is 0 Å². The second-order valence-corrected chi connectivity index (χ2v) is 5.63. The number of pyridine rings is 1. The molecule has 96 valence electrons. The third-order valence-corrected chi connectivity index (χ3v) is 4.08. The predicted molar refractivity (Wildman–Crippen MR) is 75.0 cm³/mol. The van der Waals surface area contributed by atoms with Crippen molar-refractivity contribution in [3.05, 3.63) is 22.9 Å². The van der Waals surface area contributed by atoms with E-state index in [1.165, 1.54) is 30.5 Å². The van der Waals surface area contributed by atoms with Gasteiger partial charge in [-0.1, -0.05) is 12.2 Å². The molecular weight excluding hydrogens is 244 g/mol. The van der Waals surface area contributed by atoms with Crippen LogP contribution in [0.1, 0.15) is 48.9 Å². The molecular formula is C14H18N2OS. The van der Waals surface area contributed by atoms with Crippen LogP contribution in [-0.2, 0) is 12.8 Å². The average Bonchev–Trinajstić information content (AvgIpc) is 2.97. The Labute approximate surface area is 113 Å². The first-order valence-electron chi connectivity index (χ1n) is 6.73. The first-order chi connectivity index (χ1) is 8.74. The van der Waals surface area contributed by atoms with Crippen LogP contribution in [0, 0.1) is 0 Å². The number of thiocarbonyl (C=S) groups is 1. The lowest BCUT2D eigenvalue weighted by atomic mass is 10.1. The van der Waals surface area contributed by atoms with Crippen LogP contribution in [-0.4, -0.2) is 16.1 Å². The Hall–Kier alpha value is -1.16. The second-order valence-electron chi connectivity index (χ2n) is 5.19. The highest BCUT2D eigenvalue weighted by atomic mass is 32.1. The van der Waals surface area contributed by atoms with Crippen molar-refractivity contribution in [2.45, 2.75) is 51.0 Å². The maximum absolute atomic E-state index is 6.01. The van der Waals surface area contributed by atoms with E-state index in [-0.39, 0.29) is 0 Å². The molecule has 1 aromatic heterocycles. The normalized spacial score (nSPS) is 18.9. The predicted octanol–water partition coefficient (Wildman–Crippen LogP) is 2.53. The monoisotopic (exact) mass is 262 g/mol. The van der Waals surface area contributed by atoms with E-state index in [4.69, 9.17) is 22.7 Å². The summed E-state index contributed by atoms with van der Waals surface area (Å²) >= 11 is 5.12. The Morgan fingerprint density at radius 2 is 2.06 bits per heavy atom. The molecule has 0 bridgehead atoms. The molecule has 2 aliphatic carbocycles. The zero-order chi connectivity index (χ0) is 12.5. The Balaban J connectivity index is 1.92. The summed E-state index contributed by atoms with van der Waals surface area (Å²) in [5.74, 6) is 0.662. The van der Waals surface area contributed by atoms with E-state index in [0.29, 0.717) is 17.0 Å². The smallest absolute Gasteiger partial charge is 0.224 e. The standard InChI is InChI=1S/C14H18N2OS/c15-13(18)11-8-9-4-3-7-12(9)16-14(11)17-10-5-1-2-6-10/h8,10H,1-7H2,(H2,15,18). The Bertz CT molecular complexity index is 481. The van der Waals surface area contributed by atoms with Crippen LogP contribution in [0.2, 0.25) is 0 Å². The molecule has 1 aromatic rings. The third-order valence-electron chi connectivity index (χ3n) is 3.86. The average molecular weight is 262 g/mol. The quantitative estimate of drug-likeness (QED) is 0.850. The third kappa shape index (κ3) is 2.21. The Kier molecular flexibility index (Phi) is 3.20. The number of aromatic nitrogens is 1.